The molecule has 0 saturated heterocycles. The summed E-state index contributed by atoms with van der Waals surface area (Å²) in [6.07, 6.45) is 0. The van der Waals surface area contributed by atoms with E-state index in [1.165, 1.54) is 0 Å². The first-order valence-electron chi connectivity index (χ1n) is 1.76. The second kappa shape index (κ2) is 2.50. The van der Waals surface area contributed by atoms with Crippen LogP contribution in [0.2, 0.25) is 0 Å². The van der Waals surface area contributed by atoms with E-state index in [1.807, 2.05) is 0 Å². The number of nitrogens with one attached hydrogen (secondary N) is 2. The van der Waals surface area contributed by atoms with Crippen molar-refractivity contribution in [2.24, 2.45) is 0 Å². The van der Waals surface area contributed by atoms with Crippen LogP contribution >= 0.6 is 0 Å². The highest BCUT2D eigenvalue weighted by Crippen LogP contribution is 1.52. The van der Waals surface area contributed by atoms with Gasteiger partial charge in [-0.1, -0.05) is 0 Å². The predicted molar refractivity (Wildman–Crippen MR) is 22.2 cm³/mol. The Morgan fingerprint density at radius 1 is 2.00 bits per heavy atom. The summed E-state index contributed by atoms with van der Waals surface area (Å²) in [5, 5.41) is 2.24. The molecule has 0 aliphatic carbocycles. The van der Waals surface area contributed by atoms with E-state index in [0.29, 0.717) is 6.54 Å². The highest BCUT2D eigenvalue weighted by Gasteiger charge is 1.81. The van der Waals surface area contributed by atoms with Crippen molar-refractivity contribution in [3.8, 4) is 0 Å². The number of rotatable bonds is 1. The quantitative estimate of drug-likeness (QED) is 0.480. The second-order valence-corrected chi connectivity index (χ2v) is 0.859. The normalized spacial score (nSPS) is 7.50. The fraction of sp³-hybridized carbons (Fsp3) is 0.667. The van der Waals surface area contributed by atoms with Crippen LogP contribution < -0.4 is 11.1 Å². The van der Waals surface area contributed by atoms with Gasteiger partial charge >= 0.3 is 6.03 Å². The average molecular weight is 87.1 g/mol. The summed E-state index contributed by atoms with van der Waals surface area (Å²) in [5.74, 6) is 0. The molecule has 3 heteroatoms. The Balaban J connectivity index is 2.83. The minimum atomic E-state index is -0.711. The van der Waals surface area contributed by atoms with Crippen LogP contribution in [-0.2, 0) is 0 Å². The molecule has 2 amide bonds. The molecule has 0 rings (SSSR count). The Kier molecular flexibility index (Phi) is 2.20. The zero-order valence-electron chi connectivity index (χ0n) is 3.62. The van der Waals surface area contributed by atoms with E-state index in [-0.39, 0.29) is 0 Å². The lowest BCUT2D eigenvalue weighted by Crippen LogP contribution is -2.20. The van der Waals surface area contributed by atoms with Gasteiger partial charge < -0.3 is 5.32 Å². The van der Waals surface area contributed by atoms with E-state index in [9.17, 15) is 4.79 Å². The van der Waals surface area contributed by atoms with Crippen molar-refractivity contribution >= 4 is 6.03 Å². The van der Waals surface area contributed by atoms with Crippen LogP contribution in [0, 0.1) is 0 Å². The highest BCUT2D eigenvalue weighted by molar-refractivity contribution is 5.70. The van der Waals surface area contributed by atoms with Crippen LogP contribution in [0.4, 0.5) is 4.79 Å². The zero-order valence-corrected chi connectivity index (χ0v) is 3.62. The lowest BCUT2D eigenvalue weighted by Gasteiger charge is -1.87. The molecular weight excluding hydrogens is 80.0 g/mol. The molecule has 0 bridgehead atoms. The molecule has 0 aromatic rings. The van der Waals surface area contributed by atoms with Crippen LogP contribution in [0.5, 0.6) is 0 Å². The Hall–Kier alpha value is -0.730. The maximum absolute atomic E-state index is 9.60. The molecule has 1 radical (unpaired) electrons. The molecule has 0 aromatic heterocycles. The Bertz CT molecular complexity index is 52.8. The highest BCUT2D eigenvalue weighted by atomic mass is 16.2. The Morgan fingerprint density at radius 2 is 2.50 bits per heavy atom. The summed E-state index contributed by atoms with van der Waals surface area (Å²) in [4.78, 5) is 9.60. The predicted octanol–water partition coefficient (Wildman–Crippen LogP) is -0.00120. The summed E-state index contributed by atoms with van der Waals surface area (Å²) < 4.78 is 0. The summed E-state index contributed by atoms with van der Waals surface area (Å²) in [6, 6.07) is -0.711. The Morgan fingerprint density at radius 3 is 2.50 bits per heavy atom. The average Bonchev–Trinajstić information content (AvgIpc) is 1.35. The van der Waals surface area contributed by atoms with Crippen molar-refractivity contribution in [1.29, 1.82) is 0 Å². The lowest BCUT2D eigenvalue weighted by molar-refractivity contribution is 0.248. The fourth-order valence-corrected chi connectivity index (χ4v) is 0.161. The molecule has 0 atom stereocenters. The molecule has 35 valence electrons. The van der Waals surface area contributed by atoms with Gasteiger partial charge in [0, 0.05) is 6.54 Å². The van der Waals surface area contributed by atoms with Gasteiger partial charge in [-0.25, -0.2) is 10.5 Å². The van der Waals surface area contributed by atoms with Gasteiger partial charge in [0.1, 0.15) is 0 Å². The Labute approximate surface area is 36.5 Å². The molecule has 6 heavy (non-hydrogen) atoms. The molecule has 0 fully saturated rings. The van der Waals surface area contributed by atoms with Crippen molar-refractivity contribution in [3.63, 3.8) is 0 Å². The molecular formula is C3H7N2O. The summed E-state index contributed by atoms with van der Waals surface area (Å²) in [5.41, 5.74) is 6.23. The van der Waals surface area contributed by atoms with E-state index < -0.39 is 6.03 Å². The SMILES string of the molecule is CCNC([NH])=O. The molecule has 0 aromatic carbocycles. The van der Waals surface area contributed by atoms with E-state index >= 15 is 0 Å². The first-order valence-corrected chi connectivity index (χ1v) is 1.76. The largest absolute Gasteiger partial charge is 0.337 e. The second-order valence-electron chi connectivity index (χ2n) is 0.859. The first-order chi connectivity index (χ1) is 2.77. The van der Waals surface area contributed by atoms with E-state index in [2.05, 4.69) is 5.32 Å². The maximum atomic E-state index is 9.60. The van der Waals surface area contributed by atoms with Gasteiger partial charge in [-0.3, -0.25) is 0 Å². The number of hydrogen-bond acceptors (Lipinski definition) is 1. The molecule has 3 nitrogen and oxygen atoms in total. The molecule has 0 heterocycles. The van der Waals surface area contributed by atoms with Crippen LogP contribution in [0.3, 0.4) is 0 Å². The molecule has 0 spiro atoms. The van der Waals surface area contributed by atoms with Gasteiger partial charge in [0.05, 0.1) is 0 Å². The van der Waals surface area contributed by atoms with Crippen molar-refractivity contribution in [2.45, 2.75) is 6.92 Å². The van der Waals surface area contributed by atoms with E-state index in [1.54, 1.807) is 6.92 Å². The number of amides is 2. The number of carbonyl (C=O) groups is 1. The van der Waals surface area contributed by atoms with E-state index in [4.69, 9.17) is 5.73 Å². The van der Waals surface area contributed by atoms with Gasteiger partial charge in [0.15, 0.2) is 0 Å². The van der Waals surface area contributed by atoms with Crippen LogP contribution in [0.15, 0.2) is 0 Å². The van der Waals surface area contributed by atoms with Crippen molar-refractivity contribution in [2.75, 3.05) is 6.54 Å². The van der Waals surface area contributed by atoms with Crippen molar-refractivity contribution in [1.82, 2.24) is 11.1 Å². The number of urea groups is 1. The topological polar surface area (TPSA) is 52.9 Å². The zero-order chi connectivity index (χ0) is 4.99. The molecule has 0 unspecified atom stereocenters. The molecule has 0 aliphatic rings. The number of carbonyl (C=O) groups excluding carboxylic acids is 1. The maximum Gasteiger partial charge on any atom is 0.333 e. The van der Waals surface area contributed by atoms with Gasteiger partial charge in [0.25, 0.3) is 0 Å². The number of hydrogen-bond donors (Lipinski definition) is 1. The molecule has 0 aliphatic heterocycles. The van der Waals surface area contributed by atoms with Crippen LogP contribution in [0.25, 0.3) is 0 Å². The standard InChI is InChI=1S/C3H7N2O/c1-2-5-3(4)6/h4H,2H2,1H3,(H,5,6). The van der Waals surface area contributed by atoms with Crippen LogP contribution in [-0.4, -0.2) is 12.6 Å². The van der Waals surface area contributed by atoms with Crippen molar-refractivity contribution < 1.29 is 4.79 Å². The minimum absolute atomic E-state index is 0.544. The summed E-state index contributed by atoms with van der Waals surface area (Å²) in [6.45, 7) is 2.31. The lowest BCUT2D eigenvalue weighted by atomic mass is 10.7. The molecule has 0 saturated carbocycles. The summed E-state index contributed by atoms with van der Waals surface area (Å²) >= 11 is 0. The third kappa shape index (κ3) is 3.27. The third-order valence-electron chi connectivity index (χ3n) is 0.337. The van der Waals surface area contributed by atoms with E-state index in [0.717, 1.165) is 0 Å². The van der Waals surface area contributed by atoms with Gasteiger partial charge in [-0.15, -0.1) is 0 Å². The summed E-state index contributed by atoms with van der Waals surface area (Å²) in [7, 11) is 0. The fourth-order valence-electron chi connectivity index (χ4n) is 0.161. The molecule has 2 N–H and O–H groups in total. The van der Waals surface area contributed by atoms with Crippen LogP contribution in [0.1, 0.15) is 6.92 Å². The third-order valence-corrected chi connectivity index (χ3v) is 0.337. The monoisotopic (exact) mass is 87.1 g/mol. The van der Waals surface area contributed by atoms with Crippen molar-refractivity contribution in [3.05, 3.63) is 0 Å². The smallest absolute Gasteiger partial charge is 0.333 e. The van der Waals surface area contributed by atoms with Gasteiger partial charge in [0.2, 0.25) is 0 Å². The van der Waals surface area contributed by atoms with Gasteiger partial charge in [-0.05, 0) is 6.92 Å². The van der Waals surface area contributed by atoms with Gasteiger partial charge in [-0.2, -0.15) is 0 Å². The first kappa shape index (κ1) is 5.27. The minimum Gasteiger partial charge on any atom is -0.337 e.